The molecular weight excluding hydrogens is 169 g/mol. The number of piperidine rings is 1. The second-order valence-corrected chi connectivity index (χ2v) is 3.04. The van der Waals surface area contributed by atoms with Crippen LogP contribution < -0.4 is 5.32 Å². The highest BCUT2D eigenvalue weighted by molar-refractivity contribution is 4.77. The van der Waals surface area contributed by atoms with Gasteiger partial charge in [-0.3, -0.25) is 0 Å². The van der Waals surface area contributed by atoms with Gasteiger partial charge in [0.05, 0.1) is 0 Å². The molecule has 1 aliphatic heterocycles. The van der Waals surface area contributed by atoms with Gasteiger partial charge in [0.15, 0.2) is 0 Å². The number of rotatable bonds is 1. The van der Waals surface area contributed by atoms with Gasteiger partial charge in [-0.2, -0.15) is 13.2 Å². The zero-order valence-electron chi connectivity index (χ0n) is 6.99. The average molecular weight is 182 g/mol. The van der Waals surface area contributed by atoms with Crippen molar-refractivity contribution in [1.29, 1.82) is 0 Å². The van der Waals surface area contributed by atoms with Crippen molar-refractivity contribution in [3.63, 3.8) is 0 Å². The largest absolute Gasteiger partial charge is 0.459 e. The predicted molar refractivity (Wildman–Crippen MR) is 39.7 cm³/mol. The molecule has 5 heteroatoms. The molecule has 0 amide bonds. The summed E-state index contributed by atoms with van der Waals surface area (Å²) < 4.78 is 36.4. The van der Waals surface area contributed by atoms with E-state index >= 15 is 0 Å². The minimum absolute atomic E-state index is 0.0135. The van der Waals surface area contributed by atoms with Gasteiger partial charge in [0.1, 0.15) is 0 Å². The number of halogens is 3. The maximum atomic E-state index is 12.1. The lowest BCUT2D eigenvalue weighted by Gasteiger charge is -2.33. The van der Waals surface area contributed by atoms with Gasteiger partial charge in [-0.1, -0.05) is 0 Å². The van der Waals surface area contributed by atoms with Crippen LogP contribution in [0.15, 0.2) is 0 Å². The van der Waals surface area contributed by atoms with Crippen molar-refractivity contribution in [3.05, 3.63) is 0 Å². The van der Waals surface area contributed by atoms with Crippen molar-refractivity contribution < 1.29 is 13.2 Å². The van der Waals surface area contributed by atoms with Crippen LogP contribution in [0, 0.1) is 0 Å². The minimum atomic E-state index is -4.16. The third-order valence-electron chi connectivity index (χ3n) is 2.19. The van der Waals surface area contributed by atoms with E-state index in [-0.39, 0.29) is 19.1 Å². The third kappa shape index (κ3) is 2.35. The number of nitrogens with one attached hydrogen (secondary N) is 1. The van der Waals surface area contributed by atoms with Gasteiger partial charge in [-0.15, -0.1) is 0 Å². The first-order chi connectivity index (χ1) is 5.54. The van der Waals surface area contributed by atoms with E-state index in [4.69, 9.17) is 0 Å². The lowest BCUT2D eigenvalue weighted by molar-refractivity contribution is -0.251. The highest BCUT2D eigenvalue weighted by Gasteiger charge is 2.39. The van der Waals surface area contributed by atoms with Gasteiger partial charge in [-0.05, 0) is 19.9 Å². The monoisotopic (exact) mass is 182 g/mol. The Labute approximate surface area is 69.7 Å². The van der Waals surface area contributed by atoms with Gasteiger partial charge in [0.2, 0.25) is 0 Å². The van der Waals surface area contributed by atoms with E-state index in [2.05, 4.69) is 5.32 Å². The Morgan fingerprint density at radius 3 is 2.58 bits per heavy atom. The maximum Gasteiger partial charge on any atom is 0.459 e. The first kappa shape index (κ1) is 9.80. The van der Waals surface area contributed by atoms with Crippen molar-refractivity contribution in [2.75, 3.05) is 20.1 Å². The van der Waals surface area contributed by atoms with E-state index in [1.807, 2.05) is 0 Å². The molecule has 0 bridgehead atoms. The molecule has 0 unspecified atom stereocenters. The molecule has 0 aromatic heterocycles. The number of hydrogen-bond donors (Lipinski definition) is 1. The smallest absolute Gasteiger partial charge is 0.316 e. The van der Waals surface area contributed by atoms with Crippen molar-refractivity contribution in [2.24, 2.45) is 0 Å². The summed E-state index contributed by atoms with van der Waals surface area (Å²) in [6.45, 7) is 0.224. The summed E-state index contributed by atoms with van der Waals surface area (Å²) in [4.78, 5) is 0.567. The molecule has 1 heterocycles. The number of likely N-dealkylation sites (tertiary alicyclic amines) is 1. The molecule has 1 atom stereocenters. The van der Waals surface area contributed by atoms with E-state index in [1.165, 1.54) is 0 Å². The maximum absolute atomic E-state index is 12.1. The predicted octanol–water partition coefficient (Wildman–Crippen LogP) is 1.19. The van der Waals surface area contributed by atoms with Crippen LogP contribution in [0.5, 0.6) is 0 Å². The molecule has 0 radical (unpaired) electrons. The Bertz CT molecular complexity index is 146. The molecule has 0 saturated carbocycles. The van der Waals surface area contributed by atoms with Gasteiger partial charge in [0.25, 0.3) is 0 Å². The number of nitrogens with zero attached hydrogens (tertiary/aromatic N) is 1. The highest BCUT2D eigenvalue weighted by atomic mass is 19.4. The van der Waals surface area contributed by atoms with E-state index in [0.717, 1.165) is 6.42 Å². The van der Waals surface area contributed by atoms with Crippen molar-refractivity contribution in [2.45, 2.75) is 25.2 Å². The lowest BCUT2D eigenvalue weighted by Crippen LogP contribution is -2.50. The molecule has 2 nitrogen and oxygen atoms in total. The average Bonchev–Trinajstić information content (AvgIpc) is 2.03. The molecule has 0 aromatic carbocycles. The summed E-state index contributed by atoms with van der Waals surface area (Å²) in [6, 6.07) is -0.0135. The Kier molecular flexibility index (Phi) is 2.95. The summed E-state index contributed by atoms with van der Waals surface area (Å²) >= 11 is 0. The summed E-state index contributed by atoms with van der Waals surface area (Å²) in [5.41, 5.74) is 0. The van der Waals surface area contributed by atoms with Crippen molar-refractivity contribution in [1.82, 2.24) is 10.2 Å². The Balaban J connectivity index is 2.46. The molecule has 0 spiro atoms. The SMILES string of the molecule is CN[C@H]1CCCN(C(F)(F)F)C1. The Morgan fingerprint density at radius 2 is 2.08 bits per heavy atom. The molecule has 0 aliphatic carbocycles. The fraction of sp³-hybridized carbons (Fsp3) is 1.00. The van der Waals surface area contributed by atoms with Crippen LogP contribution in [-0.4, -0.2) is 37.4 Å². The summed E-state index contributed by atoms with van der Waals surface area (Å²) in [6.07, 6.45) is -2.70. The summed E-state index contributed by atoms with van der Waals surface area (Å²) in [5.74, 6) is 0. The molecule has 0 aromatic rings. The van der Waals surface area contributed by atoms with Crippen LogP contribution in [0.1, 0.15) is 12.8 Å². The van der Waals surface area contributed by atoms with E-state index in [9.17, 15) is 13.2 Å². The third-order valence-corrected chi connectivity index (χ3v) is 2.19. The van der Waals surface area contributed by atoms with E-state index < -0.39 is 6.30 Å². The highest BCUT2D eigenvalue weighted by Crippen LogP contribution is 2.24. The van der Waals surface area contributed by atoms with Crippen molar-refractivity contribution in [3.8, 4) is 0 Å². The second kappa shape index (κ2) is 3.62. The molecule has 12 heavy (non-hydrogen) atoms. The van der Waals surface area contributed by atoms with Crippen LogP contribution >= 0.6 is 0 Å². The molecule has 1 saturated heterocycles. The minimum Gasteiger partial charge on any atom is -0.316 e. The van der Waals surface area contributed by atoms with Crippen LogP contribution in [-0.2, 0) is 0 Å². The quantitative estimate of drug-likeness (QED) is 0.613. The fourth-order valence-electron chi connectivity index (χ4n) is 1.44. The van der Waals surface area contributed by atoms with Crippen LogP contribution in [0.3, 0.4) is 0 Å². The lowest BCUT2D eigenvalue weighted by atomic mass is 10.1. The van der Waals surface area contributed by atoms with Crippen LogP contribution in [0.25, 0.3) is 0 Å². The summed E-state index contributed by atoms with van der Waals surface area (Å²) in [5, 5.41) is 2.86. The van der Waals surface area contributed by atoms with Gasteiger partial charge >= 0.3 is 6.30 Å². The molecule has 72 valence electrons. The molecule has 1 fully saturated rings. The molecule has 1 N–H and O–H groups in total. The number of alkyl halides is 3. The standard InChI is InChI=1S/C7H13F3N2/c1-11-6-3-2-4-12(5-6)7(8,9)10/h6,11H,2-5H2,1H3/t6-/m0/s1. The van der Waals surface area contributed by atoms with Crippen LogP contribution in [0.4, 0.5) is 13.2 Å². The zero-order chi connectivity index (χ0) is 9.19. The molecular formula is C7H13F3N2. The van der Waals surface area contributed by atoms with Crippen molar-refractivity contribution >= 4 is 0 Å². The molecule has 1 aliphatic rings. The fourth-order valence-corrected chi connectivity index (χ4v) is 1.44. The molecule has 1 rings (SSSR count). The number of likely N-dealkylation sites (N-methyl/N-ethyl adjacent to an activating group) is 1. The Morgan fingerprint density at radius 1 is 1.42 bits per heavy atom. The summed E-state index contributed by atoms with van der Waals surface area (Å²) in [7, 11) is 1.70. The van der Waals surface area contributed by atoms with Gasteiger partial charge < -0.3 is 5.32 Å². The first-order valence-corrected chi connectivity index (χ1v) is 4.03. The first-order valence-electron chi connectivity index (χ1n) is 4.03. The normalized spacial score (nSPS) is 27.5. The topological polar surface area (TPSA) is 15.3 Å². The number of hydrogen-bond acceptors (Lipinski definition) is 2. The Hall–Kier alpha value is -0.290. The van der Waals surface area contributed by atoms with E-state index in [0.29, 0.717) is 11.3 Å². The zero-order valence-corrected chi connectivity index (χ0v) is 6.99. The second-order valence-electron chi connectivity index (χ2n) is 3.04. The van der Waals surface area contributed by atoms with Gasteiger partial charge in [-0.25, -0.2) is 4.90 Å². The van der Waals surface area contributed by atoms with Crippen LogP contribution in [0.2, 0.25) is 0 Å². The van der Waals surface area contributed by atoms with Gasteiger partial charge in [0, 0.05) is 19.1 Å². The van der Waals surface area contributed by atoms with E-state index in [1.54, 1.807) is 7.05 Å².